The maximum Gasteiger partial charge on any atom is 0.414 e. The third-order valence-corrected chi connectivity index (χ3v) is 4.78. The molecule has 1 heterocycles. The molecule has 1 aromatic rings. The van der Waals surface area contributed by atoms with Crippen LogP contribution in [0.15, 0.2) is 24.3 Å². The zero-order chi connectivity index (χ0) is 23.7. The van der Waals surface area contributed by atoms with Crippen molar-refractivity contribution in [3.8, 4) is 0 Å². The molecule has 1 atom stereocenters. The number of fused-ring (bicyclic) bond motifs is 1. The number of nitrogens with zero attached hydrogens (tertiary/aromatic N) is 2. The van der Waals surface area contributed by atoms with Gasteiger partial charge in [-0.25, -0.2) is 9.59 Å². The Morgan fingerprint density at radius 3 is 2.31 bits per heavy atom. The highest BCUT2D eigenvalue weighted by molar-refractivity contribution is 6.06. The van der Waals surface area contributed by atoms with Crippen molar-refractivity contribution in [1.82, 2.24) is 5.32 Å². The normalized spacial score (nSPS) is 19.2. The van der Waals surface area contributed by atoms with Crippen LogP contribution in [0.3, 0.4) is 0 Å². The number of anilines is 2. The van der Waals surface area contributed by atoms with E-state index in [1.165, 1.54) is 24.3 Å². The van der Waals surface area contributed by atoms with E-state index in [1.54, 1.807) is 20.8 Å². The first kappa shape index (κ1) is 23.7. The summed E-state index contributed by atoms with van der Waals surface area (Å²) in [6.07, 6.45) is -4.63. The molecule has 1 fully saturated rings. The molecule has 0 aromatic heterocycles. The average molecular weight is 457 g/mol. The number of carbonyl (C=O) groups is 3. The highest BCUT2D eigenvalue weighted by Crippen LogP contribution is 2.36. The minimum Gasteiger partial charge on any atom is -0.449 e. The van der Waals surface area contributed by atoms with Crippen molar-refractivity contribution in [3.05, 3.63) is 24.3 Å². The van der Waals surface area contributed by atoms with Crippen molar-refractivity contribution >= 4 is 29.5 Å². The number of hydrogen-bond acceptors (Lipinski definition) is 5. The Labute approximate surface area is 183 Å². The van der Waals surface area contributed by atoms with Crippen LogP contribution >= 0.6 is 0 Å². The van der Waals surface area contributed by atoms with E-state index in [0.29, 0.717) is 4.90 Å². The maximum absolute atomic E-state index is 13.3. The molecule has 0 saturated heterocycles. The molecule has 32 heavy (non-hydrogen) atoms. The number of para-hydroxylation sites is 2. The topological polar surface area (TPSA) is 88.2 Å². The number of hydrogen-bond donors (Lipinski definition) is 1. The summed E-state index contributed by atoms with van der Waals surface area (Å²) in [5.74, 6) is -0.752. The van der Waals surface area contributed by atoms with Gasteiger partial charge in [0.2, 0.25) is 0 Å². The number of alkyl carbamates (subject to hydrolysis) is 1. The fourth-order valence-corrected chi connectivity index (χ4v) is 3.21. The summed E-state index contributed by atoms with van der Waals surface area (Å²) < 4.78 is 50.4. The van der Waals surface area contributed by atoms with E-state index in [1.807, 2.05) is 0 Å². The first-order valence-electron chi connectivity index (χ1n) is 10.2. The molecule has 0 spiro atoms. The van der Waals surface area contributed by atoms with Gasteiger partial charge in [0.05, 0.1) is 24.5 Å². The smallest absolute Gasteiger partial charge is 0.414 e. The molecule has 8 nitrogen and oxygen atoms in total. The van der Waals surface area contributed by atoms with Crippen molar-refractivity contribution in [2.75, 3.05) is 29.5 Å². The molecule has 1 aliphatic carbocycles. The van der Waals surface area contributed by atoms with E-state index in [4.69, 9.17) is 9.47 Å². The second-order valence-electron chi connectivity index (χ2n) is 8.86. The van der Waals surface area contributed by atoms with Gasteiger partial charge < -0.3 is 14.8 Å². The number of nitrogens with one attached hydrogen (secondary N) is 1. The van der Waals surface area contributed by atoms with Crippen LogP contribution in [0.1, 0.15) is 33.6 Å². The van der Waals surface area contributed by atoms with Crippen LogP contribution in [0.2, 0.25) is 0 Å². The number of rotatable bonds is 4. The predicted octanol–water partition coefficient (Wildman–Crippen LogP) is 3.84. The molecule has 3 amide bonds. The van der Waals surface area contributed by atoms with E-state index < -0.39 is 49.0 Å². The van der Waals surface area contributed by atoms with Crippen LogP contribution in [-0.4, -0.2) is 55.6 Å². The van der Waals surface area contributed by atoms with Gasteiger partial charge in [-0.05, 0) is 51.7 Å². The lowest BCUT2D eigenvalue weighted by Gasteiger charge is -2.27. The molecule has 1 saturated carbocycles. The van der Waals surface area contributed by atoms with Crippen LogP contribution in [0.5, 0.6) is 0 Å². The maximum atomic E-state index is 13.3. The van der Waals surface area contributed by atoms with Crippen LogP contribution in [0, 0.1) is 5.92 Å². The molecular formula is C21H26F3N3O5. The van der Waals surface area contributed by atoms with E-state index in [2.05, 4.69) is 5.32 Å². The molecule has 2 aliphatic rings. The molecule has 0 unspecified atom stereocenters. The van der Waals surface area contributed by atoms with Gasteiger partial charge in [-0.3, -0.25) is 14.6 Å². The summed E-state index contributed by atoms with van der Waals surface area (Å²) in [6.45, 7) is 3.01. The second-order valence-corrected chi connectivity index (χ2v) is 8.86. The Hall–Kier alpha value is -2.98. The molecule has 0 radical (unpaired) electrons. The van der Waals surface area contributed by atoms with Gasteiger partial charge in [-0.15, -0.1) is 0 Å². The van der Waals surface area contributed by atoms with E-state index >= 15 is 0 Å². The standard InChI is InChI=1S/C21H26F3N3O5/c1-20(2,3)32-18(29)25-14-10-26(19(30)31-11-13-8-9-13)15-6-4-5-7-16(15)27(17(14)28)12-21(22,23)24/h4-7,13-14H,8-12H2,1-3H3,(H,25,29)/t14-/m0/s1. The van der Waals surface area contributed by atoms with Gasteiger partial charge in [0.25, 0.3) is 5.91 Å². The van der Waals surface area contributed by atoms with Crippen molar-refractivity contribution in [2.24, 2.45) is 5.92 Å². The quantitative estimate of drug-likeness (QED) is 0.742. The largest absolute Gasteiger partial charge is 0.449 e. The highest BCUT2D eigenvalue weighted by Gasteiger charge is 2.42. The Kier molecular flexibility index (Phi) is 6.56. The zero-order valence-corrected chi connectivity index (χ0v) is 18.1. The van der Waals surface area contributed by atoms with Crippen LogP contribution < -0.4 is 15.1 Å². The Balaban J connectivity index is 1.95. The van der Waals surface area contributed by atoms with Crippen molar-refractivity contribution in [1.29, 1.82) is 0 Å². The number of amides is 3. The summed E-state index contributed by atoms with van der Waals surface area (Å²) >= 11 is 0. The third kappa shape index (κ3) is 6.27. The van der Waals surface area contributed by atoms with Gasteiger partial charge in [0, 0.05) is 0 Å². The number of benzene rings is 1. The minimum absolute atomic E-state index is 0.0828. The molecule has 0 bridgehead atoms. The molecule has 1 N–H and O–H groups in total. The van der Waals surface area contributed by atoms with Crippen molar-refractivity contribution in [3.63, 3.8) is 0 Å². The lowest BCUT2D eigenvalue weighted by atomic mass is 10.2. The number of alkyl halides is 3. The highest BCUT2D eigenvalue weighted by atomic mass is 19.4. The predicted molar refractivity (Wildman–Crippen MR) is 109 cm³/mol. The molecule has 1 aliphatic heterocycles. The first-order valence-corrected chi connectivity index (χ1v) is 10.2. The minimum atomic E-state index is -4.71. The zero-order valence-electron chi connectivity index (χ0n) is 18.1. The Morgan fingerprint density at radius 1 is 1.12 bits per heavy atom. The Morgan fingerprint density at radius 2 is 1.75 bits per heavy atom. The van der Waals surface area contributed by atoms with Gasteiger partial charge in [-0.1, -0.05) is 12.1 Å². The van der Waals surface area contributed by atoms with Gasteiger partial charge >= 0.3 is 18.4 Å². The summed E-state index contributed by atoms with van der Waals surface area (Å²) in [4.78, 5) is 39.8. The summed E-state index contributed by atoms with van der Waals surface area (Å²) in [6, 6.07) is 4.27. The van der Waals surface area contributed by atoms with Crippen LogP contribution in [0.25, 0.3) is 0 Å². The van der Waals surface area contributed by atoms with E-state index in [-0.39, 0.29) is 23.9 Å². The van der Waals surface area contributed by atoms with Crippen molar-refractivity contribution in [2.45, 2.75) is 51.4 Å². The SMILES string of the molecule is CC(C)(C)OC(=O)N[C@H]1CN(C(=O)OCC2CC2)c2ccccc2N(CC(F)(F)F)C1=O. The molecule has 3 rings (SSSR count). The average Bonchev–Trinajstić information content (AvgIpc) is 3.49. The summed E-state index contributed by atoms with van der Waals surface area (Å²) in [5, 5.41) is 2.31. The fourth-order valence-electron chi connectivity index (χ4n) is 3.21. The number of carbonyl (C=O) groups excluding carboxylic acids is 3. The molecular weight excluding hydrogens is 431 g/mol. The summed E-state index contributed by atoms with van der Waals surface area (Å²) in [5.41, 5.74) is -0.916. The molecule has 11 heteroatoms. The van der Waals surface area contributed by atoms with Gasteiger partial charge in [0.15, 0.2) is 0 Å². The number of ether oxygens (including phenoxy) is 2. The molecule has 176 valence electrons. The first-order chi connectivity index (χ1) is 14.8. The summed E-state index contributed by atoms with van der Waals surface area (Å²) in [7, 11) is 0. The van der Waals surface area contributed by atoms with E-state index in [0.717, 1.165) is 17.7 Å². The number of halogens is 3. The lowest BCUT2D eigenvalue weighted by Crippen LogP contribution is -2.55. The molecule has 1 aromatic carbocycles. The van der Waals surface area contributed by atoms with Gasteiger partial charge in [0.1, 0.15) is 18.2 Å². The lowest BCUT2D eigenvalue weighted by molar-refractivity contribution is -0.133. The van der Waals surface area contributed by atoms with E-state index in [9.17, 15) is 27.6 Å². The van der Waals surface area contributed by atoms with Gasteiger partial charge in [-0.2, -0.15) is 13.2 Å². The van der Waals surface area contributed by atoms with Crippen LogP contribution in [-0.2, 0) is 14.3 Å². The van der Waals surface area contributed by atoms with Crippen molar-refractivity contribution < 1.29 is 37.0 Å². The fraction of sp³-hybridized carbons (Fsp3) is 0.571. The van der Waals surface area contributed by atoms with Crippen LogP contribution in [0.4, 0.5) is 34.1 Å². The monoisotopic (exact) mass is 457 g/mol. The third-order valence-electron chi connectivity index (χ3n) is 4.78. The Bertz CT molecular complexity index is 880. The second kappa shape index (κ2) is 8.87.